The molecule has 0 unspecified atom stereocenters. The second kappa shape index (κ2) is 5.41. The molecule has 0 fully saturated rings. The zero-order valence-corrected chi connectivity index (χ0v) is 9.54. The summed E-state index contributed by atoms with van der Waals surface area (Å²) in [6.45, 7) is 0. The molecule has 1 atom stereocenters. The van der Waals surface area contributed by atoms with Gasteiger partial charge < -0.3 is 5.73 Å². The van der Waals surface area contributed by atoms with Gasteiger partial charge in [-0.15, -0.1) is 0 Å². The van der Waals surface area contributed by atoms with Crippen molar-refractivity contribution in [3.05, 3.63) is 71.8 Å². The summed E-state index contributed by atoms with van der Waals surface area (Å²) in [4.78, 5) is 12.0. The fourth-order valence-electron chi connectivity index (χ4n) is 1.75. The number of carbonyl (C=O) groups is 1. The Morgan fingerprint density at radius 3 is 2.06 bits per heavy atom. The standard InChI is InChI=1S/C15H15NO/c16-15(13-9-5-2-6-10-13)14(17)11-12-7-3-1-4-8-12/h1-10,15H,11,16H2/t15-/m1/s1. The number of hydrogen-bond donors (Lipinski definition) is 1. The minimum Gasteiger partial charge on any atom is -0.318 e. The molecule has 2 aromatic carbocycles. The first-order chi connectivity index (χ1) is 8.27. The van der Waals surface area contributed by atoms with E-state index in [9.17, 15) is 4.79 Å². The van der Waals surface area contributed by atoms with Crippen molar-refractivity contribution >= 4 is 5.78 Å². The van der Waals surface area contributed by atoms with Gasteiger partial charge in [-0.2, -0.15) is 0 Å². The van der Waals surface area contributed by atoms with Gasteiger partial charge in [0.15, 0.2) is 5.78 Å². The van der Waals surface area contributed by atoms with Crippen molar-refractivity contribution in [1.82, 2.24) is 0 Å². The summed E-state index contributed by atoms with van der Waals surface area (Å²) >= 11 is 0. The van der Waals surface area contributed by atoms with E-state index in [1.54, 1.807) is 0 Å². The van der Waals surface area contributed by atoms with Crippen LogP contribution < -0.4 is 5.73 Å². The predicted octanol–water partition coefficient (Wildman–Crippen LogP) is 2.50. The summed E-state index contributed by atoms with van der Waals surface area (Å²) in [5.74, 6) is 0.0439. The molecule has 2 nitrogen and oxygen atoms in total. The highest BCUT2D eigenvalue weighted by Crippen LogP contribution is 2.13. The Morgan fingerprint density at radius 2 is 1.47 bits per heavy atom. The highest BCUT2D eigenvalue weighted by atomic mass is 16.1. The molecule has 2 N–H and O–H groups in total. The summed E-state index contributed by atoms with van der Waals surface area (Å²) in [5.41, 5.74) is 7.81. The number of ketones is 1. The van der Waals surface area contributed by atoms with Crippen LogP contribution in [-0.2, 0) is 11.2 Å². The van der Waals surface area contributed by atoms with E-state index in [0.29, 0.717) is 6.42 Å². The van der Waals surface area contributed by atoms with Crippen LogP contribution in [0.1, 0.15) is 17.2 Å². The van der Waals surface area contributed by atoms with E-state index in [2.05, 4.69) is 0 Å². The molecule has 0 aliphatic rings. The minimum atomic E-state index is -0.531. The number of nitrogens with two attached hydrogens (primary N) is 1. The van der Waals surface area contributed by atoms with Crippen LogP contribution in [-0.4, -0.2) is 5.78 Å². The molecule has 0 aromatic heterocycles. The van der Waals surface area contributed by atoms with Crippen LogP contribution in [0.2, 0.25) is 0 Å². The minimum absolute atomic E-state index is 0.0439. The van der Waals surface area contributed by atoms with Crippen molar-refractivity contribution in [2.75, 3.05) is 0 Å². The Morgan fingerprint density at radius 1 is 0.941 bits per heavy atom. The average molecular weight is 225 g/mol. The van der Waals surface area contributed by atoms with Crippen LogP contribution in [0.4, 0.5) is 0 Å². The molecular formula is C15H15NO. The Balaban J connectivity index is 2.06. The fourth-order valence-corrected chi connectivity index (χ4v) is 1.75. The lowest BCUT2D eigenvalue weighted by molar-refractivity contribution is -0.119. The highest BCUT2D eigenvalue weighted by molar-refractivity contribution is 5.87. The summed E-state index contributed by atoms with van der Waals surface area (Å²) in [6, 6.07) is 18.6. The summed E-state index contributed by atoms with van der Waals surface area (Å²) in [7, 11) is 0. The van der Waals surface area contributed by atoms with E-state index in [-0.39, 0.29) is 5.78 Å². The first-order valence-corrected chi connectivity index (χ1v) is 5.64. The molecule has 17 heavy (non-hydrogen) atoms. The summed E-state index contributed by atoms with van der Waals surface area (Å²) < 4.78 is 0. The Kier molecular flexibility index (Phi) is 3.68. The molecule has 0 radical (unpaired) electrons. The molecule has 0 bridgehead atoms. The van der Waals surface area contributed by atoms with E-state index in [1.807, 2.05) is 60.7 Å². The van der Waals surface area contributed by atoms with Crippen molar-refractivity contribution in [3.8, 4) is 0 Å². The van der Waals surface area contributed by atoms with Crippen molar-refractivity contribution in [2.45, 2.75) is 12.5 Å². The second-order valence-electron chi connectivity index (χ2n) is 4.02. The molecule has 0 spiro atoms. The molecule has 0 aliphatic heterocycles. The smallest absolute Gasteiger partial charge is 0.158 e. The Hall–Kier alpha value is -1.93. The molecule has 2 rings (SSSR count). The van der Waals surface area contributed by atoms with Gasteiger partial charge in [0, 0.05) is 6.42 Å². The van der Waals surface area contributed by atoms with E-state index < -0.39 is 6.04 Å². The summed E-state index contributed by atoms with van der Waals surface area (Å²) in [6.07, 6.45) is 0.386. The monoisotopic (exact) mass is 225 g/mol. The predicted molar refractivity (Wildman–Crippen MR) is 68.5 cm³/mol. The van der Waals surface area contributed by atoms with Gasteiger partial charge in [-0.3, -0.25) is 4.79 Å². The maximum absolute atomic E-state index is 12.0. The number of carbonyl (C=O) groups excluding carboxylic acids is 1. The molecule has 0 saturated carbocycles. The lowest BCUT2D eigenvalue weighted by atomic mass is 9.98. The first-order valence-electron chi connectivity index (χ1n) is 5.64. The van der Waals surface area contributed by atoms with Gasteiger partial charge in [-0.1, -0.05) is 60.7 Å². The molecule has 0 heterocycles. The van der Waals surface area contributed by atoms with Gasteiger partial charge >= 0.3 is 0 Å². The lowest BCUT2D eigenvalue weighted by Crippen LogP contribution is -2.22. The van der Waals surface area contributed by atoms with E-state index in [1.165, 1.54) is 0 Å². The maximum Gasteiger partial charge on any atom is 0.158 e. The third-order valence-electron chi connectivity index (χ3n) is 2.73. The highest BCUT2D eigenvalue weighted by Gasteiger charge is 2.15. The third kappa shape index (κ3) is 3.02. The molecule has 86 valence electrons. The molecular weight excluding hydrogens is 210 g/mol. The van der Waals surface area contributed by atoms with Gasteiger partial charge in [0.25, 0.3) is 0 Å². The van der Waals surface area contributed by atoms with Gasteiger partial charge in [-0.05, 0) is 11.1 Å². The van der Waals surface area contributed by atoms with Crippen molar-refractivity contribution in [2.24, 2.45) is 5.73 Å². The Bertz CT molecular complexity index is 479. The first kappa shape index (κ1) is 11.6. The summed E-state index contributed by atoms with van der Waals surface area (Å²) in [5, 5.41) is 0. The molecule has 0 saturated heterocycles. The third-order valence-corrected chi connectivity index (χ3v) is 2.73. The zero-order valence-electron chi connectivity index (χ0n) is 9.54. The van der Waals surface area contributed by atoms with Gasteiger partial charge in [-0.25, -0.2) is 0 Å². The Labute approximate surface area is 101 Å². The van der Waals surface area contributed by atoms with Crippen LogP contribution in [0.3, 0.4) is 0 Å². The molecule has 2 heteroatoms. The van der Waals surface area contributed by atoms with Gasteiger partial charge in [0.05, 0.1) is 6.04 Å². The van der Waals surface area contributed by atoms with Gasteiger partial charge in [0.2, 0.25) is 0 Å². The van der Waals surface area contributed by atoms with E-state index >= 15 is 0 Å². The SMILES string of the molecule is N[C@@H](C(=O)Cc1ccccc1)c1ccccc1. The largest absolute Gasteiger partial charge is 0.318 e. The van der Waals surface area contributed by atoms with Crippen molar-refractivity contribution < 1.29 is 4.79 Å². The zero-order chi connectivity index (χ0) is 12.1. The van der Waals surface area contributed by atoms with Crippen LogP contribution in [0.15, 0.2) is 60.7 Å². The van der Waals surface area contributed by atoms with E-state index in [4.69, 9.17) is 5.73 Å². The van der Waals surface area contributed by atoms with E-state index in [0.717, 1.165) is 11.1 Å². The maximum atomic E-state index is 12.0. The van der Waals surface area contributed by atoms with Crippen molar-refractivity contribution in [1.29, 1.82) is 0 Å². The quantitative estimate of drug-likeness (QED) is 0.868. The van der Waals surface area contributed by atoms with Gasteiger partial charge in [0.1, 0.15) is 0 Å². The fraction of sp³-hybridized carbons (Fsp3) is 0.133. The molecule has 0 aliphatic carbocycles. The average Bonchev–Trinajstić information content (AvgIpc) is 2.40. The second-order valence-corrected chi connectivity index (χ2v) is 4.02. The lowest BCUT2D eigenvalue weighted by Gasteiger charge is -2.10. The number of Topliss-reactive ketones (excluding diaryl/α,β-unsaturated/α-hetero) is 1. The molecule has 0 amide bonds. The van der Waals surface area contributed by atoms with Crippen LogP contribution in [0.25, 0.3) is 0 Å². The van der Waals surface area contributed by atoms with Crippen molar-refractivity contribution in [3.63, 3.8) is 0 Å². The molecule has 2 aromatic rings. The van der Waals surface area contributed by atoms with Crippen LogP contribution in [0.5, 0.6) is 0 Å². The van der Waals surface area contributed by atoms with Crippen LogP contribution >= 0.6 is 0 Å². The van der Waals surface area contributed by atoms with Crippen LogP contribution in [0, 0.1) is 0 Å². The normalized spacial score (nSPS) is 12.1. The number of benzene rings is 2. The number of rotatable bonds is 4. The topological polar surface area (TPSA) is 43.1 Å². The number of hydrogen-bond acceptors (Lipinski definition) is 2.